The van der Waals surface area contributed by atoms with E-state index in [1.165, 1.54) is 13.0 Å². The molecule has 3 aromatic rings. The van der Waals surface area contributed by atoms with Crippen molar-refractivity contribution in [2.45, 2.75) is 99.0 Å². The molecule has 298 valence electrons. The van der Waals surface area contributed by atoms with Crippen LogP contribution in [0.4, 0.5) is 0 Å². The largest absolute Gasteiger partial charge is 0.507 e. The molecule has 3 aliphatic rings. The van der Waals surface area contributed by atoms with E-state index in [2.05, 4.69) is 0 Å². The zero-order valence-electron chi connectivity index (χ0n) is 28.0. The van der Waals surface area contributed by atoms with Crippen LogP contribution < -0.4 is 14.9 Å². The molecule has 2 aromatic carbocycles. The molecule has 3 fully saturated rings. The Morgan fingerprint density at radius 3 is 1.87 bits per heavy atom. The highest BCUT2D eigenvalue weighted by atomic mass is 16.7. The molecule has 0 amide bonds. The van der Waals surface area contributed by atoms with Crippen molar-refractivity contribution in [1.82, 2.24) is 0 Å². The molecule has 6 rings (SSSR count). The molecule has 3 aliphatic heterocycles. The quantitative estimate of drug-likeness (QED) is 0.0917. The van der Waals surface area contributed by atoms with Crippen molar-refractivity contribution in [3.8, 4) is 40.1 Å². The minimum atomic E-state index is -2.05. The number of fused-ring (bicyclic) bond motifs is 1. The predicted octanol–water partition coefficient (Wildman–Crippen LogP) is -4.21. The monoisotopic (exact) mass is 772 g/mol. The zero-order valence-corrected chi connectivity index (χ0v) is 28.0. The van der Waals surface area contributed by atoms with Gasteiger partial charge in [0.25, 0.3) is 0 Å². The van der Waals surface area contributed by atoms with Crippen LogP contribution in [0.2, 0.25) is 0 Å². The Kier molecular flexibility index (Phi) is 11.5. The summed E-state index contributed by atoms with van der Waals surface area (Å²) in [6.45, 7) is -0.0204. The van der Waals surface area contributed by atoms with E-state index in [0.717, 1.165) is 24.3 Å². The Morgan fingerprint density at radius 1 is 0.630 bits per heavy atom. The number of hydrogen-bond acceptors (Lipinski definition) is 21. The first-order valence-corrected chi connectivity index (χ1v) is 16.5. The van der Waals surface area contributed by atoms with E-state index in [1.54, 1.807) is 0 Å². The second-order valence-electron chi connectivity index (χ2n) is 13.1. The summed E-state index contributed by atoms with van der Waals surface area (Å²) in [4.78, 5) is 14.1. The third kappa shape index (κ3) is 7.39. The van der Waals surface area contributed by atoms with Gasteiger partial charge in [-0.3, -0.25) is 4.79 Å². The summed E-state index contributed by atoms with van der Waals surface area (Å²) in [6.07, 6.45) is -25.1. The van der Waals surface area contributed by atoms with Gasteiger partial charge in [0.2, 0.25) is 23.8 Å². The van der Waals surface area contributed by atoms with Gasteiger partial charge in [0.1, 0.15) is 89.6 Å². The lowest BCUT2D eigenvalue weighted by Crippen LogP contribution is -2.61. The number of aromatic hydroxyl groups is 3. The zero-order chi connectivity index (χ0) is 39.3. The molecular weight excluding hydrogens is 732 g/mol. The molecule has 3 saturated heterocycles. The van der Waals surface area contributed by atoms with Gasteiger partial charge in [0.15, 0.2) is 23.5 Å². The maximum atomic E-state index is 14.1. The molecule has 21 heteroatoms. The number of rotatable bonds is 9. The maximum Gasteiger partial charge on any atom is 0.239 e. The van der Waals surface area contributed by atoms with E-state index in [1.807, 2.05) is 0 Å². The molecule has 0 aliphatic carbocycles. The van der Waals surface area contributed by atoms with Crippen molar-refractivity contribution in [2.24, 2.45) is 0 Å². The van der Waals surface area contributed by atoms with Crippen LogP contribution in [-0.2, 0) is 18.9 Å². The summed E-state index contributed by atoms with van der Waals surface area (Å²) < 4.78 is 39.1. The third-order valence-electron chi connectivity index (χ3n) is 9.38. The van der Waals surface area contributed by atoms with Gasteiger partial charge in [-0.2, -0.15) is 0 Å². The summed E-state index contributed by atoms with van der Waals surface area (Å²) in [5.74, 6) is -3.63. The van der Waals surface area contributed by atoms with Crippen molar-refractivity contribution < 1.29 is 99.2 Å². The van der Waals surface area contributed by atoms with Gasteiger partial charge < -0.3 is 99.2 Å². The first-order chi connectivity index (χ1) is 25.5. The average molecular weight is 773 g/mol. The van der Waals surface area contributed by atoms with Crippen molar-refractivity contribution in [3.63, 3.8) is 0 Å². The first-order valence-electron chi connectivity index (χ1n) is 16.5. The molecular formula is C33H40O21. The molecule has 4 heterocycles. The molecule has 0 bridgehead atoms. The van der Waals surface area contributed by atoms with E-state index in [0.29, 0.717) is 0 Å². The third-order valence-corrected chi connectivity index (χ3v) is 9.38. The fraction of sp³-hybridized carbons (Fsp3) is 0.545. The van der Waals surface area contributed by atoms with E-state index >= 15 is 0 Å². The Hall–Kier alpha value is -3.91. The lowest BCUT2D eigenvalue weighted by molar-refractivity contribution is -0.318. The van der Waals surface area contributed by atoms with Gasteiger partial charge in [-0.25, -0.2) is 0 Å². The molecule has 7 unspecified atom stereocenters. The van der Waals surface area contributed by atoms with Crippen molar-refractivity contribution in [2.75, 3.05) is 13.2 Å². The maximum absolute atomic E-state index is 14.1. The lowest BCUT2D eigenvalue weighted by atomic mass is 9.98. The minimum Gasteiger partial charge on any atom is -0.507 e. The molecule has 0 saturated carbocycles. The second-order valence-corrected chi connectivity index (χ2v) is 13.1. The minimum absolute atomic E-state index is 0.122. The number of phenols is 3. The molecule has 0 spiro atoms. The normalized spacial score (nSPS) is 37.3. The van der Waals surface area contributed by atoms with Crippen molar-refractivity contribution >= 4 is 11.0 Å². The highest BCUT2D eigenvalue weighted by Gasteiger charge is 2.48. The number of aliphatic hydroxyl groups excluding tert-OH is 10. The number of benzene rings is 2. The first kappa shape index (κ1) is 39.8. The Morgan fingerprint density at radius 2 is 1.22 bits per heavy atom. The van der Waals surface area contributed by atoms with Gasteiger partial charge in [-0.05, 0) is 25.1 Å². The van der Waals surface area contributed by atoms with E-state index in [9.17, 15) is 71.2 Å². The van der Waals surface area contributed by atoms with Gasteiger partial charge in [0.05, 0.1) is 19.3 Å². The standard InChI is InChI=1S/C33H40O21/c1-9-19(38)23(42)26(45)31(49-9)48-8-17-21(40)25(44)28(47)33(53-17)54-30-22(41)18-14(37)5-11(50-32-27(46)24(43)20(39)16(7-34)52-32)6-15(18)51-29(30)10-2-3-12(35)13(36)4-10/h2-6,9,16-17,19-21,23-28,31-40,42-47H,7-8H2,1H3/t9?,16?,17?,19-,20+,21+,23-,24-,25?,26?,27?,28?,31+,32+,33-/m0/s1. The molecule has 1 aromatic heterocycles. The highest BCUT2D eigenvalue weighted by molar-refractivity contribution is 5.88. The van der Waals surface area contributed by atoms with Crippen LogP contribution in [0.25, 0.3) is 22.3 Å². The topological polar surface area (TPSA) is 349 Å². The number of phenolic OH excluding ortho intramolecular Hbond substituents is 3. The Balaban J connectivity index is 1.34. The van der Waals surface area contributed by atoms with Gasteiger partial charge in [-0.1, -0.05) is 0 Å². The number of ether oxygens (including phenoxy) is 6. The summed E-state index contributed by atoms with van der Waals surface area (Å²) in [5, 5.41) is 133. The molecule has 13 N–H and O–H groups in total. The smallest absolute Gasteiger partial charge is 0.239 e. The van der Waals surface area contributed by atoms with Gasteiger partial charge >= 0.3 is 0 Å². The molecule has 15 atom stereocenters. The summed E-state index contributed by atoms with van der Waals surface area (Å²) >= 11 is 0. The van der Waals surface area contributed by atoms with Crippen LogP contribution in [-0.4, -0.2) is 172 Å². The fourth-order valence-corrected chi connectivity index (χ4v) is 6.19. The summed E-state index contributed by atoms with van der Waals surface area (Å²) in [5.41, 5.74) is -1.66. The fourth-order valence-electron chi connectivity index (χ4n) is 6.19. The molecule has 54 heavy (non-hydrogen) atoms. The van der Waals surface area contributed by atoms with Gasteiger partial charge in [-0.15, -0.1) is 0 Å². The second kappa shape index (κ2) is 15.7. The van der Waals surface area contributed by atoms with Crippen LogP contribution >= 0.6 is 0 Å². The van der Waals surface area contributed by atoms with Gasteiger partial charge in [0, 0.05) is 17.7 Å². The van der Waals surface area contributed by atoms with Crippen LogP contribution in [0.1, 0.15) is 6.92 Å². The predicted molar refractivity (Wildman–Crippen MR) is 173 cm³/mol. The summed E-state index contributed by atoms with van der Waals surface area (Å²) in [6, 6.07) is 5.15. The molecule has 21 nitrogen and oxygen atoms in total. The average Bonchev–Trinajstić information content (AvgIpc) is 3.14. The van der Waals surface area contributed by atoms with E-state index < -0.39 is 150 Å². The summed E-state index contributed by atoms with van der Waals surface area (Å²) in [7, 11) is 0. The van der Waals surface area contributed by atoms with Crippen molar-refractivity contribution in [3.05, 3.63) is 40.6 Å². The molecule has 0 radical (unpaired) electrons. The van der Waals surface area contributed by atoms with E-state index in [-0.39, 0.29) is 11.3 Å². The van der Waals surface area contributed by atoms with E-state index in [4.69, 9.17) is 32.8 Å². The van der Waals surface area contributed by atoms with Crippen LogP contribution in [0.3, 0.4) is 0 Å². The van der Waals surface area contributed by atoms with Crippen LogP contribution in [0, 0.1) is 0 Å². The Labute approximate surface area is 303 Å². The number of hydrogen-bond donors (Lipinski definition) is 13. The Bertz CT molecular complexity index is 1850. The van der Waals surface area contributed by atoms with Crippen molar-refractivity contribution in [1.29, 1.82) is 0 Å². The SMILES string of the molecule is CC1O[C@@H](OCC2O[C@@H](Oc3c(-c4ccc(O)c(O)c4)oc4cc(O[C@@H]5OC(CO)[C@@H](O)[C@H](O)C5O)cc(O)c4c3=O)C(O)C(O)[C@@H]2O)C(O)[C@@H](O)[C@H]1O. The lowest BCUT2D eigenvalue weighted by Gasteiger charge is -2.42. The van der Waals surface area contributed by atoms with Crippen LogP contribution in [0.15, 0.2) is 39.5 Å². The highest BCUT2D eigenvalue weighted by Crippen LogP contribution is 2.40. The van der Waals surface area contributed by atoms with Crippen LogP contribution in [0.5, 0.6) is 28.7 Å². The number of aliphatic hydroxyl groups is 10.